The fourth-order valence-electron chi connectivity index (χ4n) is 6.20. The molecule has 3 unspecified atom stereocenters. The largest absolute Gasteiger partial charge is 0.462 e. The van der Waals surface area contributed by atoms with E-state index < -0.39 is 18.2 Å². The standard InChI is InChI=1S/C41H79NO5/c1-4-7-10-13-16-18-20-21-24-27-30-33-39(44)38(36-43)42-40(45)35-37(32-29-26-23-15-12-9-6-3)47-41(46)34-31-28-25-22-19-17-14-11-8-5-2/h11,14,37-39,43-44H,4-10,12-13,15-36H2,1-3H3,(H,42,45)/b14-11-. The normalized spacial score (nSPS) is 13.6. The van der Waals surface area contributed by atoms with E-state index in [1.54, 1.807) is 0 Å². The molecule has 0 aliphatic carbocycles. The summed E-state index contributed by atoms with van der Waals surface area (Å²) in [7, 11) is 0. The minimum Gasteiger partial charge on any atom is -0.462 e. The van der Waals surface area contributed by atoms with Crippen molar-refractivity contribution in [3.05, 3.63) is 12.2 Å². The molecule has 0 aliphatic rings. The van der Waals surface area contributed by atoms with E-state index in [1.165, 1.54) is 109 Å². The second kappa shape index (κ2) is 35.9. The van der Waals surface area contributed by atoms with Gasteiger partial charge in [0.05, 0.1) is 25.2 Å². The molecular weight excluding hydrogens is 586 g/mol. The summed E-state index contributed by atoms with van der Waals surface area (Å²) < 4.78 is 5.83. The molecule has 0 saturated carbocycles. The van der Waals surface area contributed by atoms with Gasteiger partial charge in [0.1, 0.15) is 6.10 Å². The first-order chi connectivity index (χ1) is 23.0. The van der Waals surface area contributed by atoms with Crippen LogP contribution in [-0.2, 0) is 14.3 Å². The Bertz CT molecular complexity index is 712. The number of nitrogens with one attached hydrogen (secondary N) is 1. The fourth-order valence-corrected chi connectivity index (χ4v) is 6.20. The molecule has 278 valence electrons. The van der Waals surface area contributed by atoms with Gasteiger partial charge >= 0.3 is 5.97 Å². The summed E-state index contributed by atoms with van der Waals surface area (Å²) in [5.41, 5.74) is 0. The molecule has 0 aromatic rings. The van der Waals surface area contributed by atoms with E-state index in [9.17, 15) is 19.8 Å². The van der Waals surface area contributed by atoms with Gasteiger partial charge in [0.2, 0.25) is 5.91 Å². The quantitative estimate of drug-likeness (QED) is 0.0352. The van der Waals surface area contributed by atoms with Crippen LogP contribution in [0.4, 0.5) is 0 Å². The number of amides is 1. The number of esters is 1. The van der Waals surface area contributed by atoms with Crippen LogP contribution in [0.25, 0.3) is 0 Å². The number of carbonyl (C=O) groups excluding carboxylic acids is 2. The van der Waals surface area contributed by atoms with Gasteiger partial charge in [0, 0.05) is 6.42 Å². The SMILES string of the molecule is CCC/C=C\CCCCCCCC(=O)OC(CCCCCCCCC)CC(=O)NC(CO)C(O)CCCCCCCCCCCCC. The number of unbranched alkanes of at least 4 members (excludes halogenated alkanes) is 22. The zero-order valence-corrected chi connectivity index (χ0v) is 31.4. The van der Waals surface area contributed by atoms with Gasteiger partial charge in [0.25, 0.3) is 0 Å². The molecule has 0 spiro atoms. The first-order valence-corrected chi connectivity index (χ1v) is 20.4. The number of aliphatic hydroxyl groups excluding tert-OH is 2. The van der Waals surface area contributed by atoms with Crippen molar-refractivity contribution in [3.8, 4) is 0 Å². The van der Waals surface area contributed by atoms with Gasteiger partial charge < -0.3 is 20.3 Å². The molecule has 0 fully saturated rings. The van der Waals surface area contributed by atoms with Crippen LogP contribution < -0.4 is 5.32 Å². The van der Waals surface area contributed by atoms with E-state index in [0.29, 0.717) is 19.3 Å². The molecule has 0 aromatic carbocycles. The number of rotatable bonds is 36. The highest BCUT2D eigenvalue weighted by Gasteiger charge is 2.24. The molecule has 0 aliphatic heterocycles. The monoisotopic (exact) mass is 666 g/mol. The molecule has 6 nitrogen and oxygen atoms in total. The number of ether oxygens (including phenoxy) is 1. The summed E-state index contributed by atoms with van der Waals surface area (Å²) in [5.74, 6) is -0.487. The number of hydrogen-bond donors (Lipinski definition) is 3. The van der Waals surface area contributed by atoms with Crippen molar-refractivity contribution >= 4 is 11.9 Å². The molecule has 47 heavy (non-hydrogen) atoms. The number of aliphatic hydroxyl groups is 2. The Hall–Kier alpha value is -1.40. The molecule has 0 aromatic heterocycles. The summed E-state index contributed by atoms with van der Waals surface area (Å²) in [6.45, 7) is 6.36. The highest BCUT2D eigenvalue weighted by atomic mass is 16.5. The van der Waals surface area contributed by atoms with Gasteiger partial charge in [-0.1, -0.05) is 168 Å². The van der Waals surface area contributed by atoms with E-state index in [-0.39, 0.29) is 24.9 Å². The van der Waals surface area contributed by atoms with Crippen LogP contribution in [0.15, 0.2) is 12.2 Å². The van der Waals surface area contributed by atoms with Crippen molar-refractivity contribution in [1.82, 2.24) is 5.32 Å². The molecule has 0 bridgehead atoms. The zero-order valence-electron chi connectivity index (χ0n) is 31.4. The lowest BCUT2D eigenvalue weighted by Crippen LogP contribution is -2.46. The van der Waals surface area contributed by atoms with Crippen molar-refractivity contribution in [2.45, 2.75) is 232 Å². The minimum atomic E-state index is -0.779. The Morgan fingerprint density at radius 3 is 1.60 bits per heavy atom. The van der Waals surface area contributed by atoms with Gasteiger partial charge in [-0.25, -0.2) is 0 Å². The molecule has 1 amide bonds. The van der Waals surface area contributed by atoms with Gasteiger partial charge in [-0.15, -0.1) is 0 Å². The van der Waals surface area contributed by atoms with Crippen LogP contribution in [0.1, 0.15) is 213 Å². The lowest BCUT2D eigenvalue weighted by molar-refractivity contribution is -0.151. The van der Waals surface area contributed by atoms with Crippen LogP contribution in [0, 0.1) is 0 Å². The van der Waals surface area contributed by atoms with Crippen LogP contribution in [0.2, 0.25) is 0 Å². The fraction of sp³-hybridized carbons (Fsp3) is 0.902. The highest BCUT2D eigenvalue weighted by Crippen LogP contribution is 2.17. The Labute approximate surface area is 291 Å². The summed E-state index contributed by atoms with van der Waals surface area (Å²) >= 11 is 0. The Balaban J connectivity index is 4.50. The molecular formula is C41H79NO5. The summed E-state index contributed by atoms with van der Waals surface area (Å²) in [4.78, 5) is 25.7. The van der Waals surface area contributed by atoms with Crippen molar-refractivity contribution in [1.29, 1.82) is 0 Å². The van der Waals surface area contributed by atoms with Gasteiger partial charge in [-0.3, -0.25) is 9.59 Å². The van der Waals surface area contributed by atoms with Crippen LogP contribution >= 0.6 is 0 Å². The zero-order chi connectivity index (χ0) is 34.6. The van der Waals surface area contributed by atoms with Crippen LogP contribution in [-0.4, -0.2) is 46.9 Å². The smallest absolute Gasteiger partial charge is 0.306 e. The lowest BCUT2D eigenvalue weighted by Gasteiger charge is -2.24. The highest BCUT2D eigenvalue weighted by molar-refractivity contribution is 5.77. The third-order valence-corrected chi connectivity index (χ3v) is 9.33. The predicted molar refractivity (Wildman–Crippen MR) is 200 cm³/mol. The molecule has 3 atom stereocenters. The first-order valence-electron chi connectivity index (χ1n) is 20.4. The topological polar surface area (TPSA) is 95.9 Å². The molecule has 0 heterocycles. The summed E-state index contributed by atoms with van der Waals surface area (Å²) in [5, 5.41) is 23.5. The van der Waals surface area contributed by atoms with Gasteiger partial charge in [-0.05, 0) is 44.9 Å². The minimum absolute atomic E-state index is 0.0782. The second-order valence-corrected chi connectivity index (χ2v) is 14.0. The third-order valence-electron chi connectivity index (χ3n) is 9.33. The average molecular weight is 666 g/mol. The van der Waals surface area contributed by atoms with E-state index in [1.807, 2.05) is 0 Å². The maximum atomic E-state index is 13.0. The molecule has 0 saturated heterocycles. The average Bonchev–Trinajstić information content (AvgIpc) is 3.06. The summed E-state index contributed by atoms with van der Waals surface area (Å²) in [6, 6.07) is -0.692. The van der Waals surface area contributed by atoms with Crippen molar-refractivity contribution in [2.24, 2.45) is 0 Å². The van der Waals surface area contributed by atoms with E-state index in [2.05, 4.69) is 38.2 Å². The Morgan fingerprint density at radius 1 is 0.596 bits per heavy atom. The van der Waals surface area contributed by atoms with E-state index in [4.69, 9.17) is 4.74 Å². The molecule has 0 rings (SSSR count). The predicted octanol–water partition coefficient (Wildman–Crippen LogP) is 11.1. The number of allylic oxidation sites excluding steroid dienone is 2. The lowest BCUT2D eigenvalue weighted by atomic mass is 10.0. The maximum Gasteiger partial charge on any atom is 0.306 e. The molecule has 6 heteroatoms. The van der Waals surface area contributed by atoms with Crippen LogP contribution in [0.3, 0.4) is 0 Å². The molecule has 3 N–H and O–H groups in total. The van der Waals surface area contributed by atoms with Gasteiger partial charge in [-0.2, -0.15) is 0 Å². The maximum absolute atomic E-state index is 13.0. The van der Waals surface area contributed by atoms with E-state index >= 15 is 0 Å². The van der Waals surface area contributed by atoms with Crippen molar-refractivity contribution in [3.63, 3.8) is 0 Å². The number of hydrogen-bond acceptors (Lipinski definition) is 5. The van der Waals surface area contributed by atoms with Crippen molar-refractivity contribution < 1.29 is 24.5 Å². The third kappa shape index (κ3) is 31.6. The van der Waals surface area contributed by atoms with E-state index in [0.717, 1.165) is 57.8 Å². The number of carbonyl (C=O) groups is 2. The Kier molecular flexibility index (Phi) is 34.8. The second-order valence-electron chi connectivity index (χ2n) is 14.0. The summed E-state index contributed by atoms with van der Waals surface area (Å²) in [6.07, 6.45) is 35.7. The first kappa shape index (κ1) is 45.6. The Morgan fingerprint density at radius 2 is 1.06 bits per heavy atom. The van der Waals surface area contributed by atoms with Crippen LogP contribution in [0.5, 0.6) is 0 Å². The molecule has 0 radical (unpaired) electrons. The van der Waals surface area contributed by atoms with Crippen molar-refractivity contribution in [2.75, 3.05) is 6.61 Å². The van der Waals surface area contributed by atoms with Gasteiger partial charge in [0.15, 0.2) is 0 Å².